The van der Waals surface area contributed by atoms with Crippen molar-refractivity contribution in [3.8, 4) is 6.07 Å². The van der Waals surface area contributed by atoms with Gasteiger partial charge in [0.25, 0.3) is 0 Å². The Morgan fingerprint density at radius 2 is 2.09 bits per heavy atom. The number of furan rings is 1. The number of carbonyl (C=O) groups excluding carboxylic acids is 2. The number of carbonyl (C=O) groups is 2. The number of rotatable bonds is 9. The normalized spacial score (nSPS) is 15.5. The first-order chi connectivity index (χ1) is 16.0. The summed E-state index contributed by atoms with van der Waals surface area (Å²) in [5.41, 5.74) is 2.99. The minimum absolute atomic E-state index is 0.0487. The van der Waals surface area contributed by atoms with Crippen molar-refractivity contribution in [2.45, 2.75) is 26.2 Å². The van der Waals surface area contributed by atoms with Crippen molar-refractivity contribution in [3.05, 3.63) is 88.5 Å². The summed E-state index contributed by atoms with van der Waals surface area (Å²) in [5.74, 6) is -0.987. The zero-order valence-electron chi connectivity index (χ0n) is 18.5. The molecule has 1 aliphatic heterocycles. The summed E-state index contributed by atoms with van der Waals surface area (Å²) >= 11 is 1.19. The Kier molecular flexibility index (Phi) is 8.17. The van der Waals surface area contributed by atoms with Crippen LogP contribution in [0.5, 0.6) is 0 Å². The Hall–Kier alpha value is -3.70. The minimum Gasteiger partial charge on any atom is -0.468 e. The number of nitrogens with zero attached hydrogens (tertiary/aromatic N) is 1. The van der Waals surface area contributed by atoms with Crippen LogP contribution in [-0.2, 0) is 20.7 Å². The number of dihydropyridines is 1. The molecule has 0 aliphatic carbocycles. The summed E-state index contributed by atoms with van der Waals surface area (Å²) in [6.07, 6.45) is 3.88. The first-order valence-electron chi connectivity index (χ1n) is 10.4. The molecule has 7 nitrogen and oxygen atoms in total. The number of ether oxygens (including phenoxy) is 1. The number of aryl methyl sites for hydroxylation is 1. The second-order valence-electron chi connectivity index (χ2n) is 7.24. The van der Waals surface area contributed by atoms with E-state index >= 15 is 0 Å². The van der Waals surface area contributed by atoms with Crippen molar-refractivity contribution in [1.82, 2.24) is 5.32 Å². The molecular formula is C25H25N3O4S. The number of benzene rings is 1. The van der Waals surface area contributed by atoms with Crippen molar-refractivity contribution >= 4 is 29.3 Å². The number of nitriles is 1. The van der Waals surface area contributed by atoms with Crippen LogP contribution in [0.3, 0.4) is 0 Å². The molecule has 1 aromatic carbocycles. The van der Waals surface area contributed by atoms with Gasteiger partial charge in [-0.1, -0.05) is 43.5 Å². The molecule has 170 valence electrons. The summed E-state index contributed by atoms with van der Waals surface area (Å²) < 4.78 is 10.8. The van der Waals surface area contributed by atoms with Gasteiger partial charge in [-0.15, -0.1) is 0 Å². The standard InChI is InChI=1S/C25H25N3O4S/c1-4-12-32-25(30)22-16(3)27-24(19(14-26)23(22)20-7-6-13-31-20)33-15-21(29)28-18-10-8-17(5-2)9-11-18/h4,6-11,13,23,27H,1,5,12,15H2,2-3H3,(H,28,29)/t23-/m0/s1. The predicted molar refractivity (Wildman–Crippen MR) is 128 cm³/mol. The van der Waals surface area contributed by atoms with Crippen molar-refractivity contribution in [1.29, 1.82) is 5.26 Å². The molecular weight excluding hydrogens is 438 g/mol. The highest BCUT2D eigenvalue weighted by atomic mass is 32.2. The maximum Gasteiger partial charge on any atom is 0.337 e. The van der Waals surface area contributed by atoms with E-state index in [1.165, 1.54) is 29.7 Å². The number of hydrogen-bond donors (Lipinski definition) is 2. The van der Waals surface area contributed by atoms with Crippen LogP contribution in [0, 0.1) is 11.3 Å². The van der Waals surface area contributed by atoms with E-state index < -0.39 is 11.9 Å². The number of allylic oxidation sites excluding steroid dienone is 2. The van der Waals surface area contributed by atoms with Crippen LogP contribution in [0.4, 0.5) is 5.69 Å². The molecule has 3 rings (SSSR count). The van der Waals surface area contributed by atoms with Gasteiger partial charge in [-0.3, -0.25) is 4.79 Å². The van der Waals surface area contributed by atoms with Gasteiger partial charge in [0.05, 0.1) is 40.2 Å². The van der Waals surface area contributed by atoms with Gasteiger partial charge in [-0.25, -0.2) is 4.79 Å². The van der Waals surface area contributed by atoms with Crippen LogP contribution in [-0.4, -0.2) is 24.2 Å². The number of hydrogen-bond acceptors (Lipinski definition) is 7. The fraction of sp³-hybridized carbons (Fsp3) is 0.240. The van der Waals surface area contributed by atoms with Crippen molar-refractivity contribution < 1.29 is 18.7 Å². The van der Waals surface area contributed by atoms with Gasteiger partial charge in [-0.05, 0) is 43.2 Å². The quantitative estimate of drug-likeness (QED) is 0.412. The van der Waals surface area contributed by atoms with E-state index in [4.69, 9.17) is 9.15 Å². The lowest BCUT2D eigenvalue weighted by atomic mass is 9.86. The molecule has 1 aromatic heterocycles. The smallest absolute Gasteiger partial charge is 0.337 e. The summed E-state index contributed by atoms with van der Waals surface area (Å²) in [5, 5.41) is 16.4. The predicted octanol–water partition coefficient (Wildman–Crippen LogP) is 4.64. The van der Waals surface area contributed by atoms with Crippen LogP contribution in [0.2, 0.25) is 0 Å². The first-order valence-corrected chi connectivity index (χ1v) is 11.4. The number of thioether (sulfide) groups is 1. The van der Waals surface area contributed by atoms with Crippen LogP contribution >= 0.6 is 11.8 Å². The third-order valence-electron chi connectivity index (χ3n) is 5.02. The summed E-state index contributed by atoms with van der Waals surface area (Å²) in [4.78, 5) is 25.3. The molecule has 2 aromatic rings. The average molecular weight is 464 g/mol. The minimum atomic E-state index is -0.740. The van der Waals surface area contributed by atoms with E-state index in [2.05, 4.69) is 30.2 Å². The van der Waals surface area contributed by atoms with E-state index in [-0.39, 0.29) is 29.4 Å². The van der Waals surface area contributed by atoms with Gasteiger partial charge in [-0.2, -0.15) is 5.26 Å². The molecule has 1 atom stereocenters. The third-order valence-corrected chi connectivity index (χ3v) is 6.04. The average Bonchev–Trinajstić information content (AvgIpc) is 3.35. The van der Waals surface area contributed by atoms with E-state index in [0.717, 1.165) is 6.42 Å². The second-order valence-corrected chi connectivity index (χ2v) is 8.23. The van der Waals surface area contributed by atoms with Crippen molar-refractivity contribution in [2.75, 3.05) is 17.7 Å². The fourth-order valence-electron chi connectivity index (χ4n) is 3.41. The Balaban J connectivity index is 1.80. The zero-order valence-corrected chi connectivity index (χ0v) is 19.3. The maximum absolute atomic E-state index is 12.7. The van der Waals surface area contributed by atoms with Gasteiger partial charge >= 0.3 is 5.97 Å². The molecule has 0 unspecified atom stereocenters. The lowest BCUT2D eigenvalue weighted by Crippen LogP contribution is -2.29. The van der Waals surface area contributed by atoms with Gasteiger partial charge in [0.2, 0.25) is 5.91 Å². The highest BCUT2D eigenvalue weighted by Gasteiger charge is 2.37. The highest BCUT2D eigenvalue weighted by molar-refractivity contribution is 8.03. The Morgan fingerprint density at radius 3 is 2.70 bits per heavy atom. The highest BCUT2D eigenvalue weighted by Crippen LogP contribution is 2.41. The number of amides is 1. The topological polar surface area (TPSA) is 104 Å². The van der Waals surface area contributed by atoms with Crippen LogP contribution < -0.4 is 10.6 Å². The molecule has 8 heteroatoms. The summed E-state index contributed by atoms with van der Waals surface area (Å²) in [6.45, 7) is 7.40. The Labute approximate surface area is 197 Å². The molecule has 1 aliphatic rings. The molecule has 0 bridgehead atoms. The zero-order chi connectivity index (χ0) is 23.8. The number of anilines is 1. The molecule has 0 radical (unpaired) electrons. The summed E-state index contributed by atoms with van der Waals surface area (Å²) in [7, 11) is 0. The maximum atomic E-state index is 12.7. The molecule has 2 N–H and O–H groups in total. The second kappa shape index (κ2) is 11.2. The van der Waals surface area contributed by atoms with E-state index in [1.54, 1.807) is 19.1 Å². The van der Waals surface area contributed by atoms with E-state index in [9.17, 15) is 14.9 Å². The molecule has 0 fully saturated rings. The fourth-order valence-corrected chi connectivity index (χ4v) is 4.30. The molecule has 1 amide bonds. The monoisotopic (exact) mass is 463 g/mol. The van der Waals surface area contributed by atoms with Gasteiger partial charge in [0.1, 0.15) is 12.4 Å². The van der Waals surface area contributed by atoms with Crippen LogP contribution in [0.25, 0.3) is 0 Å². The molecule has 0 saturated carbocycles. The lowest BCUT2D eigenvalue weighted by Gasteiger charge is -2.27. The van der Waals surface area contributed by atoms with E-state index in [1.807, 2.05) is 24.3 Å². The molecule has 33 heavy (non-hydrogen) atoms. The Bertz CT molecular complexity index is 1130. The SMILES string of the molecule is C=CCOC(=O)C1=C(C)NC(SCC(=O)Nc2ccc(CC)cc2)=C(C#N)[C@H]1c1ccco1. The Morgan fingerprint density at radius 1 is 1.33 bits per heavy atom. The molecule has 0 saturated heterocycles. The van der Waals surface area contributed by atoms with Gasteiger partial charge < -0.3 is 19.8 Å². The molecule has 0 spiro atoms. The van der Waals surface area contributed by atoms with E-state index in [0.29, 0.717) is 22.2 Å². The van der Waals surface area contributed by atoms with Gasteiger partial charge in [0.15, 0.2) is 0 Å². The number of nitrogens with one attached hydrogen (secondary N) is 2. The van der Waals surface area contributed by atoms with Gasteiger partial charge in [0, 0.05) is 11.4 Å². The third kappa shape index (κ3) is 5.76. The van der Waals surface area contributed by atoms with Crippen LogP contribution in [0.1, 0.15) is 31.1 Å². The van der Waals surface area contributed by atoms with Crippen molar-refractivity contribution in [2.24, 2.45) is 0 Å². The first kappa shape index (κ1) is 24.0. The summed E-state index contributed by atoms with van der Waals surface area (Å²) in [6, 6.07) is 13.2. The largest absolute Gasteiger partial charge is 0.468 e. The number of esters is 1. The lowest BCUT2D eigenvalue weighted by molar-refractivity contribution is -0.138. The molecule has 2 heterocycles. The van der Waals surface area contributed by atoms with Crippen LogP contribution in [0.15, 0.2) is 81.6 Å². The van der Waals surface area contributed by atoms with Crippen molar-refractivity contribution in [3.63, 3.8) is 0 Å².